The third kappa shape index (κ3) is 4.53. The molecule has 1 aromatic carbocycles. The summed E-state index contributed by atoms with van der Waals surface area (Å²) in [6.45, 7) is 2.04. The lowest BCUT2D eigenvalue weighted by molar-refractivity contribution is -0.139. The summed E-state index contributed by atoms with van der Waals surface area (Å²) < 4.78 is 5.48. The van der Waals surface area contributed by atoms with E-state index in [1.54, 1.807) is 30.0 Å². The average molecular weight is 536 g/mol. The number of thioether (sulfide) groups is 1. The maximum absolute atomic E-state index is 13.2. The van der Waals surface area contributed by atoms with Gasteiger partial charge < -0.3 is 10.5 Å². The van der Waals surface area contributed by atoms with Crippen LogP contribution in [0.5, 0.6) is 0 Å². The lowest BCUT2D eigenvalue weighted by atomic mass is 9.76. The van der Waals surface area contributed by atoms with Crippen LogP contribution in [-0.2, 0) is 14.3 Å². The molecule has 12 heteroatoms. The largest absolute Gasteiger partial charge is 0.465 e. The maximum atomic E-state index is 13.2. The lowest BCUT2D eigenvalue weighted by Gasteiger charge is -2.38. The molecule has 0 fully saturated rings. The van der Waals surface area contributed by atoms with Crippen molar-refractivity contribution in [3.05, 3.63) is 56.5 Å². The van der Waals surface area contributed by atoms with Crippen molar-refractivity contribution in [2.45, 2.75) is 36.4 Å². The summed E-state index contributed by atoms with van der Waals surface area (Å²) in [7, 11) is 0. The van der Waals surface area contributed by atoms with Crippen molar-refractivity contribution < 1.29 is 14.3 Å². The summed E-state index contributed by atoms with van der Waals surface area (Å²) >= 11 is 15.2. The number of allylic oxidation sites excluding steroid dienone is 3. The summed E-state index contributed by atoms with van der Waals surface area (Å²) in [5, 5.41) is 19.5. The molecule has 1 atom stereocenters. The Labute approximate surface area is 214 Å². The summed E-state index contributed by atoms with van der Waals surface area (Å²) in [6.07, 6.45) is 1.57. The summed E-state index contributed by atoms with van der Waals surface area (Å²) in [5.74, 6) is -0.888. The van der Waals surface area contributed by atoms with Crippen molar-refractivity contribution in [2.24, 2.45) is 5.73 Å². The number of Topliss-reactive ketones (excluding diaryl/α,β-unsaturated/α-hetero) is 1. The fourth-order valence-electron chi connectivity index (χ4n) is 4.03. The first kappa shape index (κ1) is 24.5. The molecule has 1 aromatic heterocycles. The Bertz CT molecular complexity index is 1270. The van der Waals surface area contributed by atoms with E-state index in [0.29, 0.717) is 57.2 Å². The number of esters is 1. The number of hydrogen-bond donors (Lipinski definition) is 1. The molecule has 0 bridgehead atoms. The molecule has 1 aliphatic heterocycles. The second kappa shape index (κ2) is 10.4. The first-order chi connectivity index (χ1) is 16.4. The number of hydrogen-bond acceptors (Lipinski definition) is 10. The Balaban J connectivity index is 1.79. The highest BCUT2D eigenvalue weighted by molar-refractivity contribution is 8.01. The van der Waals surface area contributed by atoms with Crippen molar-refractivity contribution in [3.63, 3.8) is 0 Å². The van der Waals surface area contributed by atoms with Crippen LogP contribution in [0.2, 0.25) is 10.0 Å². The normalized spacial score (nSPS) is 18.1. The Morgan fingerprint density at radius 3 is 2.91 bits per heavy atom. The van der Waals surface area contributed by atoms with E-state index in [0.717, 1.165) is 0 Å². The first-order valence-electron chi connectivity index (χ1n) is 10.4. The van der Waals surface area contributed by atoms with Gasteiger partial charge in [-0.25, -0.2) is 0 Å². The molecule has 1 unspecified atom stereocenters. The van der Waals surface area contributed by atoms with Gasteiger partial charge in [0.1, 0.15) is 5.82 Å². The zero-order valence-corrected chi connectivity index (χ0v) is 21.2. The molecular formula is C22H19Cl2N5O3S2. The number of anilines is 1. The standard InChI is InChI=1S/C22H19Cl2N5O3S2/c1-2-32-16(31)10-33-22-28-27-21(34-22)29-14-7-4-8-15(30)18(14)17(12(9-25)20(29)26)11-5-3-6-13(23)19(11)24/h3,5-6,17H,2,4,7-8,10,26H2,1H3. The van der Waals surface area contributed by atoms with Crippen LogP contribution >= 0.6 is 46.3 Å². The van der Waals surface area contributed by atoms with Gasteiger partial charge in [0.15, 0.2) is 10.1 Å². The number of ether oxygens (including phenoxy) is 1. The first-order valence-corrected chi connectivity index (χ1v) is 12.9. The minimum absolute atomic E-state index is 0.0750. The van der Waals surface area contributed by atoms with Crippen LogP contribution < -0.4 is 10.6 Å². The third-order valence-corrected chi connectivity index (χ3v) is 8.26. The topological polar surface area (TPSA) is 122 Å². The van der Waals surface area contributed by atoms with E-state index in [4.69, 9.17) is 33.7 Å². The van der Waals surface area contributed by atoms with Gasteiger partial charge in [0, 0.05) is 17.7 Å². The molecule has 1 aliphatic carbocycles. The molecule has 2 aromatic rings. The van der Waals surface area contributed by atoms with Gasteiger partial charge in [-0.1, -0.05) is 58.4 Å². The minimum atomic E-state index is -0.721. The molecule has 0 saturated carbocycles. The molecule has 0 saturated heterocycles. The van der Waals surface area contributed by atoms with E-state index < -0.39 is 5.92 Å². The highest BCUT2D eigenvalue weighted by Crippen LogP contribution is 2.49. The Hall–Kier alpha value is -2.58. The molecule has 34 heavy (non-hydrogen) atoms. The van der Waals surface area contributed by atoms with Crippen LogP contribution in [0.15, 0.2) is 45.2 Å². The number of aromatic nitrogens is 2. The fourth-order valence-corrected chi connectivity index (χ4v) is 6.13. The van der Waals surface area contributed by atoms with Crippen LogP contribution in [0.1, 0.15) is 37.7 Å². The molecule has 0 spiro atoms. The van der Waals surface area contributed by atoms with Crippen LogP contribution in [0, 0.1) is 11.3 Å². The van der Waals surface area contributed by atoms with Gasteiger partial charge in [-0.2, -0.15) is 5.26 Å². The third-order valence-electron chi connectivity index (χ3n) is 5.41. The van der Waals surface area contributed by atoms with E-state index in [1.807, 2.05) is 0 Å². The maximum Gasteiger partial charge on any atom is 0.316 e. The predicted octanol–water partition coefficient (Wildman–Crippen LogP) is 4.80. The number of rotatable bonds is 6. The van der Waals surface area contributed by atoms with Crippen LogP contribution in [0.25, 0.3) is 0 Å². The number of carbonyl (C=O) groups excluding carboxylic acids is 2. The molecule has 176 valence electrons. The molecule has 2 heterocycles. The van der Waals surface area contributed by atoms with E-state index >= 15 is 0 Å². The van der Waals surface area contributed by atoms with Crippen molar-refractivity contribution in [1.82, 2.24) is 10.2 Å². The van der Waals surface area contributed by atoms with E-state index in [9.17, 15) is 14.9 Å². The Kier molecular flexibility index (Phi) is 7.48. The SMILES string of the molecule is CCOC(=O)CSc1nnc(N2C(N)=C(C#N)C(c3cccc(Cl)c3Cl)C3=C2CCCC3=O)s1. The van der Waals surface area contributed by atoms with Crippen molar-refractivity contribution in [1.29, 1.82) is 5.26 Å². The van der Waals surface area contributed by atoms with Crippen molar-refractivity contribution in [3.8, 4) is 6.07 Å². The Morgan fingerprint density at radius 2 is 2.18 bits per heavy atom. The van der Waals surface area contributed by atoms with E-state index in [2.05, 4.69) is 16.3 Å². The number of benzene rings is 1. The number of nitriles is 1. The second-order valence-corrected chi connectivity index (χ2v) is 10.4. The van der Waals surface area contributed by atoms with Gasteiger partial charge in [0.25, 0.3) is 0 Å². The molecule has 0 amide bonds. The van der Waals surface area contributed by atoms with Crippen LogP contribution in [0.3, 0.4) is 0 Å². The second-order valence-electron chi connectivity index (χ2n) is 7.40. The number of carbonyl (C=O) groups is 2. The zero-order chi connectivity index (χ0) is 24.4. The number of nitrogens with zero attached hydrogens (tertiary/aromatic N) is 4. The van der Waals surface area contributed by atoms with Gasteiger partial charge in [0.2, 0.25) is 5.13 Å². The number of ketones is 1. The molecule has 0 radical (unpaired) electrons. The van der Waals surface area contributed by atoms with Gasteiger partial charge in [0.05, 0.1) is 40.0 Å². The Morgan fingerprint density at radius 1 is 1.38 bits per heavy atom. The fraction of sp³-hybridized carbons (Fsp3) is 0.318. The molecular weight excluding hydrogens is 517 g/mol. The smallest absolute Gasteiger partial charge is 0.316 e. The average Bonchev–Trinajstić information content (AvgIpc) is 3.28. The highest BCUT2D eigenvalue weighted by atomic mass is 35.5. The van der Waals surface area contributed by atoms with Crippen molar-refractivity contribution in [2.75, 3.05) is 17.3 Å². The molecule has 2 N–H and O–H groups in total. The minimum Gasteiger partial charge on any atom is -0.465 e. The zero-order valence-electron chi connectivity index (χ0n) is 18.0. The van der Waals surface area contributed by atoms with Gasteiger partial charge >= 0.3 is 5.97 Å². The monoisotopic (exact) mass is 535 g/mol. The van der Waals surface area contributed by atoms with Gasteiger partial charge in [-0.05, 0) is 31.4 Å². The molecule has 2 aliphatic rings. The van der Waals surface area contributed by atoms with Gasteiger partial charge in [-0.15, -0.1) is 10.2 Å². The molecule has 8 nitrogen and oxygen atoms in total. The van der Waals surface area contributed by atoms with E-state index in [-0.39, 0.29) is 33.9 Å². The van der Waals surface area contributed by atoms with Crippen molar-refractivity contribution >= 4 is 63.2 Å². The van der Waals surface area contributed by atoms with E-state index in [1.165, 1.54) is 23.1 Å². The quantitative estimate of drug-likeness (QED) is 0.410. The number of halogens is 2. The molecule has 4 rings (SSSR count). The van der Waals surface area contributed by atoms with Crippen LogP contribution in [0.4, 0.5) is 5.13 Å². The lowest BCUT2D eigenvalue weighted by Crippen LogP contribution is -2.38. The number of nitrogens with two attached hydrogens (primary N) is 1. The summed E-state index contributed by atoms with van der Waals surface area (Å²) in [4.78, 5) is 26.5. The summed E-state index contributed by atoms with van der Waals surface area (Å²) in [5.41, 5.74) is 8.41. The predicted molar refractivity (Wildman–Crippen MR) is 132 cm³/mol. The highest BCUT2D eigenvalue weighted by Gasteiger charge is 2.42. The summed E-state index contributed by atoms with van der Waals surface area (Å²) in [6, 6.07) is 7.31. The van der Waals surface area contributed by atoms with Gasteiger partial charge in [-0.3, -0.25) is 14.5 Å². The van der Waals surface area contributed by atoms with Crippen LogP contribution in [-0.4, -0.2) is 34.3 Å².